The number of aryl methyl sites for hydroxylation is 1. The van der Waals surface area contributed by atoms with E-state index in [0.717, 1.165) is 32.1 Å². The van der Waals surface area contributed by atoms with E-state index in [4.69, 9.17) is 5.26 Å². The number of nitriles is 1. The molecule has 3 nitrogen and oxygen atoms in total. The minimum Gasteiger partial charge on any atom is -0.352 e. The van der Waals surface area contributed by atoms with E-state index in [1.54, 1.807) is 0 Å². The van der Waals surface area contributed by atoms with Gasteiger partial charge >= 0.3 is 0 Å². The van der Waals surface area contributed by atoms with Gasteiger partial charge in [-0.1, -0.05) is 30.3 Å². The maximum atomic E-state index is 11.8. The summed E-state index contributed by atoms with van der Waals surface area (Å²) in [5.74, 6) is 0.0983. The van der Waals surface area contributed by atoms with Crippen molar-refractivity contribution in [3.05, 3.63) is 35.9 Å². The molecule has 100 valence electrons. The van der Waals surface area contributed by atoms with Crippen molar-refractivity contribution in [3.63, 3.8) is 0 Å². The summed E-state index contributed by atoms with van der Waals surface area (Å²) in [4.78, 5) is 11.8. The Morgan fingerprint density at radius 1 is 1.32 bits per heavy atom. The molecule has 1 aliphatic rings. The summed E-state index contributed by atoms with van der Waals surface area (Å²) in [7, 11) is 0. The van der Waals surface area contributed by atoms with Gasteiger partial charge < -0.3 is 5.32 Å². The molecular weight excluding hydrogens is 236 g/mol. The van der Waals surface area contributed by atoms with Crippen molar-refractivity contribution in [2.24, 2.45) is 5.92 Å². The van der Waals surface area contributed by atoms with Crippen LogP contribution in [0.4, 0.5) is 0 Å². The first-order valence-electron chi connectivity index (χ1n) is 7.02. The molecule has 0 saturated heterocycles. The third-order valence-electron chi connectivity index (χ3n) is 3.74. The van der Waals surface area contributed by atoms with Crippen LogP contribution in [-0.4, -0.2) is 11.9 Å². The van der Waals surface area contributed by atoms with E-state index in [9.17, 15) is 4.79 Å². The van der Waals surface area contributed by atoms with E-state index in [0.29, 0.717) is 6.42 Å². The largest absolute Gasteiger partial charge is 0.352 e. The highest BCUT2D eigenvalue weighted by molar-refractivity contribution is 5.76. The van der Waals surface area contributed by atoms with Gasteiger partial charge in [0, 0.05) is 12.5 Å². The second-order valence-electron chi connectivity index (χ2n) is 5.18. The zero-order valence-corrected chi connectivity index (χ0v) is 11.1. The second-order valence-corrected chi connectivity index (χ2v) is 5.18. The molecule has 2 atom stereocenters. The molecule has 0 aliphatic heterocycles. The summed E-state index contributed by atoms with van der Waals surface area (Å²) in [6, 6.07) is 12.6. The third kappa shape index (κ3) is 4.10. The average Bonchev–Trinajstić information content (AvgIpc) is 2.87. The van der Waals surface area contributed by atoms with Gasteiger partial charge in [0.25, 0.3) is 0 Å². The molecule has 0 heterocycles. The van der Waals surface area contributed by atoms with Crippen LogP contribution in [0.25, 0.3) is 0 Å². The van der Waals surface area contributed by atoms with Gasteiger partial charge in [-0.3, -0.25) is 4.79 Å². The lowest BCUT2D eigenvalue weighted by Gasteiger charge is -2.15. The monoisotopic (exact) mass is 256 g/mol. The summed E-state index contributed by atoms with van der Waals surface area (Å²) in [6.45, 7) is 0. The molecule has 2 rings (SSSR count). The number of rotatable bonds is 5. The van der Waals surface area contributed by atoms with Crippen LogP contribution in [-0.2, 0) is 11.2 Å². The molecule has 1 amide bonds. The maximum Gasteiger partial charge on any atom is 0.220 e. The fourth-order valence-electron chi connectivity index (χ4n) is 2.66. The Morgan fingerprint density at radius 3 is 2.84 bits per heavy atom. The fourth-order valence-corrected chi connectivity index (χ4v) is 2.66. The molecule has 1 aliphatic carbocycles. The molecule has 1 fully saturated rings. The SMILES string of the molecule is N#CC1CCCC1NC(=O)CCCc1ccccc1. The van der Waals surface area contributed by atoms with Gasteiger partial charge in [0.05, 0.1) is 12.0 Å². The van der Waals surface area contributed by atoms with E-state index in [2.05, 4.69) is 23.5 Å². The lowest BCUT2D eigenvalue weighted by atomic mass is 10.0. The third-order valence-corrected chi connectivity index (χ3v) is 3.74. The number of hydrogen-bond donors (Lipinski definition) is 1. The fraction of sp³-hybridized carbons (Fsp3) is 0.500. The molecule has 1 saturated carbocycles. The molecule has 1 N–H and O–H groups in total. The maximum absolute atomic E-state index is 11.8. The highest BCUT2D eigenvalue weighted by Gasteiger charge is 2.27. The lowest BCUT2D eigenvalue weighted by molar-refractivity contribution is -0.122. The smallest absolute Gasteiger partial charge is 0.220 e. The van der Waals surface area contributed by atoms with Crippen molar-refractivity contribution in [2.75, 3.05) is 0 Å². The summed E-state index contributed by atoms with van der Waals surface area (Å²) >= 11 is 0. The Labute approximate surface area is 114 Å². The van der Waals surface area contributed by atoms with Gasteiger partial charge in [-0.2, -0.15) is 5.26 Å². The lowest BCUT2D eigenvalue weighted by Crippen LogP contribution is -2.36. The Balaban J connectivity index is 1.69. The summed E-state index contributed by atoms with van der Waals surface area (Å²) < 4.78 is 0. The first-order valence-corrected chi connectivity index (χ1v) is 7.02. The molecule has 0 radical (unpaired) electrons. The Hall–Kier alpha value is -1.82. The van der Waals surface area contributed by atoms with Crippen molar-refractivity contribution < 1.29 is 4.79 Å². The van der Waals surface area contributed by atoms with E-state index in [1.807, 2.05) is 18.2 Å². The average molecular weight is 256 g/mol. The highest BCUT2D eigenvalue weighted by Crippen LogP contribution is 2.24. The van der Waals surface area contributed by atoms with Crippen LogP contribution >= 0.6 is 0 Å². The Morgan fingerprint density at radius 2 is 2.11 bits per heavy atom. The number of carbonyl (C=O) groups excluding carboxylic acids is 1. The molecule has 19 heavy (non-hydrogen) atoms. The van der Waals surface area contributed by atoms with Crippen LogP contribution in [0.2, 0.25) is 0 Å². The number of benzene rings is 1. The zero-order valence-electron chi connectivity index (χ0n) is 11.1. The van der Waals surface area contributed by atoms with Crippen molar-refractivity contribution in [1.82, 2.24) is 5.32 Å². The molecule has 2 unspecified atom stereocenters. The predicted molar refractivity (Wildman–Crippen MR) is 74.3 cm³/mol. The second kappa shape index (κ2) is 6.94. The molecule has 1 aromatic carbocycles. The van der Waals surface area contributed by atoms with Crippen LogP contribution in [0.5, 0.6) is 0 Å². The van der Waals surface area contributed by atoms with E-state index >= 15 is 0 Å². The Bertz CT molecular complexity index is 450. The summed E-state index contributed by atoms with van der Waals surface area (Å²) in [5, 5.41) is 12.0. The predicted octanol–water partition coefficient (Wildman–Crippen LogP) is 2.82. The first-order chi connectivity index (χ1) is 9.29. The van der Waals surface area contributed by atoms with Crippen LogP contribution < -0.4 is 5.32 Å². The summed E-state index contributed by atoms with van der Waals surface area (Å²) in [5.41, 5.74) is 1.27. The number of carbonyl (C=O) groups is 1. The quantitative estimate of drug-likeness (QED) is 0.880. The van der Waals surface area contributed by atoms with Crippen LogP contribution in [0.1, 0.15) is 37.7 Å². The van der Waals surface area contributed by atoms with Crippen molar-refractivity contribution in [2.45, 2.75) is 44.6 Å². The standard InChI is InChI=1S/C16H20N2O/c17-12-14-9-5-10-15(14)18-16(19)11-4-8-13-6-2-1-3-7-13/h1-3,6-7,14-15H,4-5,8-11H2,(H,18,19). The van der Waals surface area contributed by atoms with Gasteiger partial charge in [0.1, 0.15) is 0 Å². The van der Waals surface area contributed by atoms with E-state index in [1.165, 1.54) is 5.56 Å². The van der Waals surface area contributed by atoms with Gasteiger partial charge in [0.2, 0.25) is 5.91 Å². The van der Waals surface area contributed by atoms with Gasteiger partial charge in [-0.05, 0) is 37.7 Å². The van der Waals surface area contributed by atoms with Crippen molar-refractivity contribution >= 4 is 5.91 Å². The van der Waals surface area contributed by atoms with Gasteiger partial charge in [0.15, 0.2) is 0 Å². The number of nitrogens with zero attached hydrogens (tertiary/aromatic N) is 1. The molecule has 0 aromatic heterocycles. The highest BCUT2D eigenvalue weighted by atomic mass is 16.1. The van der Waals surface area contributed by atoms with Crippen molar-refractivity contribution in [3.8, 4) is 6.07 Å². The zero-order chi connectivity index (χ0) is 13.5. The summed E-state index contributed by atoms with van der Waals surface area (Å²) in [6.07, 6.45) is 5.26. The minimum absolute atomic E-state index is 0.0121. The normalized spacial score (nSPS) is 21.8. The molecule has 3 heteroatoms. The number of amides is 1. The number of nitrogens with one attached hydrogen (secondary N) is 1. The van der Waals surface area contributed by atoms with Crippen molar-refractivity contribution in [1.29, 1.82) is 5.26 Å². The molecule has 0 spiro atoms. The van der Waals surface area contributed by atoms with Crippen LogP contribution in [0.3, 0.4) is 0 Å². The van der Waals surface area contributed by atoms with Crippen LogP contribution in [0.15, 0.2) is 30.3 Å². The molecule has 0 bridgehead atoms. The molecular formula is C16H20N2O. The van der Waals surface area contributed by atoms with E-state index in [-0.39, 0.29) is 17.9 Å². The first kappa shape index (κ1) is 13.6. The van der Waals surface area contributed by atoms with Crippen LogP contribution in [0, 0.1) is 17.2 Å². The minimum atomic E-state index is 0.0121. The molecule has 1 aromatic rings. The number of hydrogen-bond acceptors (Lipinski definition) is 2. The Kier molecular flexibility index (Phi) is 4.97. The van der Waals surface area contributed by atoms with E-state index < -0.39 is 0 Å². The van der Waals surface area contributed by atoms with Gasteiger partial charge in [-0.15, -0.1) is 0 Å². The van der Waals surface area contributed by atoms with Gasteiger partial charge in [-0.25, -0.2) is 0 Å². The topological polar surface area (TPSA) is 52.9 Å².